The Bertz CT molecular complexity index is 298. The van der Waals surface area contributed by atoms with Crippen molar-refractivity contribution in [3.63, 3.8) is 0 Å². The first-order valence-corrected chi connectivity index (χ1v) is 5.48. The molecule has 0 saturated carbocycles. The van der Waals surface area contributed by atoms with E-state index in [-0.39, 0.29) is 12.6 Å². The van der Waals surface area contributed by atoms with E-state index in [9.17, 15) is 5.11 Å². The Morgan fingerprint density at radius 3 is 3.14 bits per heavy atom. The highest BCUT2D eigenvalue weighted by Gasteiger charge is 2.35. The average Bonchev–Trinajstić information content (AvgIpc) is 2.20. The first kappa shape index (κ1) is 10.2. The quantitative estimate of drug-likeness (QED) is 0.515. The molecule has 0 fully saturated rings. The molecule has 0 aliphatic heterocycles. The van der Waals surface area contributed by atoms with E-state index in [4.69, 9.17) is 17.3 Å². The van der Waals surface area contributed by atoms with Crippen molar-refractivity contribution in [1.29, 1.82) is 0 Å². The SMILES string of the molecule is NC1CCC2=C(C1)C(Cl)(CO)C=CC2. The minimum atomic E-state index is -0.661. The fourth-order valence-corrected chi connectivity index (χ4v) is 2.64. The second kappa shape index (κ2) is 3.69. The zero-order chi connectivity index (χ0) is 10.2. The Hall–Kier alpha value is -0.310. The average molecular weight is 214 g/mol. The van der Waals surface area contributed by atoms with Crippen LogP contribution in [0.1, 0.15) is 25.7 Å². The minimum absolute atomic E-state index is 0.0311. The van der Waals surface area contributed by atoms with E-state index in [0.717, 1.165) is 25.7 Å². The van der Waals surface area contributed by atoms with Crippen LogP contribution in [0, 0.1) is 0 Å². The van der Waals surface area contributed by atoms with Gasteiger partial charge in [-0.15, -0.1) is 11.6 Å². The number of aliphatic hydroxyl groups excluding tert-OH is 1. The van der Waals surface area contributed by atoms with Crippen molar-refractivity contribution < 1.29 is 5.11 Å². The number of aliphatic hydroxyl groups is 1. The predicted molar refractivity (Wildman–Crippen MR) is 58.3 cm³/mol. The van der Waals surface area contributed by atoms with Gasteiger partial charge < -0.3 is 10.8 Å². The lowest BCUT2D eigenvalue weighted by Gasteiger charge is -2.35. The number of hydrogen-bond donors (Lipinski definition) is 2. The van der Waals surface area contributed by atoms with E-state index < -0.39 is 4.87 Å². The largest absolute Gasteiger partial charge is 0.394 e. The number of alkyl halides is 1. The molecule has 2 aliphatic rings. The summed E-state index contributed by atoms with van der Waals surface area (Å²) in [6.07, 6.45) is 7.87. The lowest BCUT2D eigenvalue weighted by Crippen LogP contribution is -2.36. The summed E-state index contributed by atoms with van der Waals surface area (Å²) in [5.41, 5.74) is 8.48. The van der Waals surface area contributed by atoms with Gasteiger partial charge in [0.1, 0.15) is 4.87 Å². The molecule has 0 aromatic heterocycles. The maximum atomic E-state index is 9.32. The summed E-state index contributed by atoms with van der Waals surface area (Å²) in [5, 5.41) is 9.32. The second-order valence-electron chi connectivity index (χ2n) is 4.21. The number of nitrogens with two attached hydrogens (primary N) is 1. The van der Waals surface area contributed by atoms with Crippen molar-refractivity contribution in [3.05, 3.63) is 23.3 Å². The molecule has 0 heterocycles. The number of rotatable bonds is 1. The molecule has 2 rings (SSSR count). The molecule has 2 nitrogen and oxygen atoms in total. The van der Waals surface area contributed by atoms with Crippen molar-refractivity contribution >= 4 is 11.6 Å². The Kier molecular flexibility index (Phi) is 2.69. The van der Waals surface area contributed by atoms with Gasteiger partial charge in [0.2, 0.25) is 0 Å². The second-order valence-corrected chi connectivity index (χ2v) is 4.89. The van der Waals surface area contributed by atoms with Gasteiger partial charge in [0.25, 0.3) is 0 Å². The smallest absolute Gasteiger partial charge is 0.107 e. The third-order valence-corrected chi connectivity index (χ3v) is 3.66. The normalized spacial score (nSPS) is 37.2. The van der Waals surface area contributed by atoms with Crippen LogP contribution < -0.4 is 5.73 Å². The third-order valence-electron chi connectivity index (χ3n) is 3.19. The van der Waals surface area contributed by atoms with Crippen molar-refractivity contribution in [2.75, 3.05) is 6.61 Å². The Balaban J connectivity index is 2.32. The minimum Gasteiger partial charge on any atom is -0.394 e. The lowest BCUT2D eigenvalue weighted by molar-refractivity contribution is 0.273. The molecule has 3 heteroatoms. The molecule has 2 unspecified atom stereocenters. The molecule has 3 N–H and O–H groups in total. The van der Waals surface area contributed by atoms with Gasteiger partial charge in [-0.1, -0.05) is 17.7 Å². The molecule has 0 bridgehead atoms. The molecule has 2 atom stereocenters. The monoisotopic (exact) mass is 213 g/mol. The maximum absolute atomic E-state index is 9.32. The van der Waals surface area contributed by atoms with Crippen LogP contribution in [0.5, 0.6) is 0 Å². The maximum Gasteiger partial charge on any atom is 0.107 e. The molecule has 0 radical (unpaired) electrons. The summed E-state index contributed by atoms with van der Waals surface area (Å²) in [4.78, 5) is -0.661. The van der Waals surface area contributed by atoms with Crippen LogP contribution in [0.25, 0.3) is 0 Å². The van der Waals surface area contributed by atoms with E-state index in [1.807, 2.05) is 6.08 Å². The van der Waals surface area contributed by atoms with Crippen LogP contribution >= 0.6 is 11.6 Å². The topological polar surface area (TPSA) is 46.2 Å². The Morgan fingerprint density at radius 1 is 1.64 bits per heavy atom. The molecule has 0 amide bonds. The summed E-state index contributed by atoms with van der Waals surface area (Å²) in [7, 11) is 0. The molecule has 0 spiro atoms. The van der Waals surface area contributed by atoms with Crippen molar-refractivity contribution in [2.24, 2.45) is 5.73 Å². The number of hydrogen-bond acceptors (Lipinski definition) is 2. The molecule has 0 saturated heterocycles. The molecular formula is C11H16ClNO. The molecule has 78 valence electrons. The van der Waals surface area contributed by atoms with Gasteiger partial charge in [-0.3, -0.25) is 0 Å². The highest BCUT2D eigenvalue weighted by molar-refractivity contribution is 6.27. The van der Waals surface area contributed by atoms with Crippen LogP contribution in [0.15, 0.2) is 23.3 Å². The van der Waals surface area contributed by atoms with Crippen molar-refractivity contribution in [3.8, 4) is 0 Å². The van der Waals surface area contributed by atoms with E-state index >= 15 is 0 Å². The fourth-order valence-electron chi connectivity index (χ4n) is 2.34. The van der Waals surface area contributed by atoms with E-state index in [2.05, 4.69) is 6.08 Å². The first-order chi connectivity index (χ1) is 6.65. The highest BCUT2D eigenvalue weighted by Crippen LogP contribution is 2.41. The summed E-state index contributed by atoms with van der Waals surface area (Å²) < 4.78 is 0. The van der Waals surface area contributed by atoms with Gasteiger partial charge >= 0.3 is 0 Å². The molecule has 0 aromatic rings. The summed E-state index contributed by atoms with van der Waals surface area (Å²) in [6, 6.07) is 0.213. The van der Waals surface area contributed by atoms with Crippen LogP contribution in [-0.2, 0) is 0 Å². The van der Waals surface area contributed by atoms with Gasteiger partial charge in [-0.05, 0) is 31.3 Å². The van der Waals surface area contributed by atoms with Gasteiger partial charge in [0.15, 0.2) is 0 Å². The molecular weight excluding hydrogens is 198 g/mol. The van der Waals surface area contributed by atoms with E-state index in [1.165, 1.54) is 11.1 Å². The van der Waals surface area contributed by atoms with Crippen molar-refractivity contribution in [2.45, 2.75) is 36.6 Å². The fraction of sp³-hybridized carbons (Fsp3) is 0.636. The zero-order valence-electron chi connectivity index (χ0n) is 8.17. The highest BCUT2D eigenvalue weighted by atomic mass is 35.5. The summed E-state index contributed by atoms with van der Waals surface area (Å²) >= 11 is 6.35. The van der Waals surface area contributed by atoms with Crippen LogP contribution in [0.4, 0.5) is 0 Å². The standard InChI is InChI=1S/C11H16ClNO/c12-11(7-14)5-1-2-8-3-4-9(13)6-10(8)11/h1,5,9,14H,2-4,6-7,13H2. The van der Waals surface area contributed by atoms with Gasteiger partial charge in [-0.25, -0.2) is 0 Å². The molecule has 14 heavy (non-hydrogen) atoms. The lowest BCUT2D eigenvalue weighted by atomic mass is 9.77. The van der Waals surface area contributed by atoms with Crippen LogP contribution in [0.3, 0.4) is 0 Å². The Morgan fingerprint density at radius 2 is 2.43 bits per heavy atom. The van der Waals surface area contributed by atoms with E-state index in [0.29, 0.717) is 0 Å². The van der Waals surface area contributed by atoms with E-state index in [1.54, 1.807) is 0 Å². The predicted octanol–water partition coefficient (Wildman–Crippen LogP) is 1.72. The zero-order valence-corrected chi connectivity index (χ0v) is 8.93. The summed E-state index contributed by atoms with van der Waals surface area (Å²) in [6.45, 7) is -0.0311. The number of allylic oxidation sites excluding steroid dienone is 2. The van der Waals surface area contributed by atoms with Gasteiger partial charge in [0, 0.05) is 6.04 Å². The third kappa shape index (κ3) is 1.62. The molecule has 2 aliphatic carbocycles. The first-order valence-electron chi connectivity index (χ1n) is 5.10. The van der Waals surface area contributed by atoms with Gasteiger partial charge in [0.05, 0.1) is 6.61 Å². The summed E-state index contributed by atoms with van der Waals surface area (Å²) in [5.74, 6) is 0. The van der Waals surface area contributed by atoms with Crippen molar-refractivity contribution in [1.82, 2.24) is 0 Å². The van der Waals surface area contributed by atoms with Gasteiger partial charge in [-0.2, -0.15) is 0 Å². The van der Waals surface area contributed by atoms with Crippen LogP contribution in [-0.4, -0.2) is 22.6 Å². The number of halogens is 1. The van der Waals surface area contributed by atoms with Crippen LogP contribution in [0.2, 0.25) is 0 Å². The molecule has 0 aromatic carbocycles. The Labute approximate surface area is 89.4 Å².